The summed E-state index contributed by atoms with van der Waals surface area (Å²) in [7, 11) is 1.54. The third-order valence-electron chi connectivity index (χ3n) is 2.88. The largest absolute Gasteiger partial charge is 0.462 e. The van der Waals surface area contributed by atoms with Gasteiger partial charge in [0.2, 0.25) is 0 Å². The number of hydrogen-bond donors (Lipinski definition) is 0. The van der Waals surface area contributed by atoms with Crippen LogP contribution in [0.3, 0.4) is 0 Å². The molecular weight excluding hydrogens is 244 g/mol. The number of hydrogen-bond acceptors (Lipinski definition) is 4. The van der Waals surface area contributed by atoms with Crippen LogP contribution in [0.2, 0.25) is 0 Å². The fraction of sp³-hybridized carbons (Fsp3) is 0.214. The monoisotopic (exact) mass is 256 g/mol. The van der Waals surface area contributed by atoms with Gasteiger partial charge < -0.3 is 9.64 Å². The van der Waals surface area contributed by atoms with E-state index in [2.05, 4.69) is 0 Å². The van der Waals surface area contributed by atoms with Crippen molar-refractivity contribution in [2.75, 3.05) is 13.7 Å². The lowest BCUT2D eigenvalue weighted by Gasteiger charge is -2.13. The fourth-order valence-corrected chi connectivity index (χ4v) is 2.04. The van der Waals surface area contributed by atoms with Gasteiger partial charge in [0.15, 0.2) is 5.57 Å². The third-order valence-corrected chi connectivity index (χ3v) is 2.88. The zero-order chi connectivity index (χ0) is 14.0. The van der Waals surface area contributed by atoms with Gasteiger partial charge in [-0.25, -0.2) is 4.79 Å². The first-order valence-corrected chi connectivity index (χ1v) is 5.80. The van der Waals surface area contributed by atoms with Crippen molar-refractivity contribution >= 4 is 17.6 Å². The minimum Gasteiger partial charge on any atom is -0.462 e. The second-order valence-corrected chi connectivity index (χ2v) is 3.97. The van der Waals surface area contributed by atoms with Gasteiger partial charge in [-0.3, -0.25) is 4.79 Å². The molecule has 0 atom stereocenters. The Labute approximate surface area is 110 Å². The molecule has 5 nitrogen and oxygen atoms in total. The summed E-state index contributed by atoms with van der Waals surface area (Å²) in [6.45, 7) is 1.84. The van der Waals surface area contributed by atoms with Crippen LogP contribution in [-0.2, 0) is 9.53 Å². The van der Waals surface area contributed by atoms with Crippen LogP contribution in [0.25, 0.3) is 5.70 Å². The number of fused-ring (bicyclic) bond motifs is 1. The van der Waals surface area contributed by atoms with Crippen molar-refractivity contribution in [3.63, 3.8) is 0 Å². The number of rotatable bonds is 2. The number of nitrogens with zero attached hydrogens (tertiary/aromatic N) is 2. The van der Waals surface area contributed by atoms with E-state index in [1.807, 2.05) is 6.07 Å². The molecule has 0 spiro atoms. The number of carbonyl (C=O) groups is 2. The summed E-state index contributed by atoms with van der Waals surface area (Å²) in [6, 6.07) is 8.71. The molecule has 0 unspecified atom stereocenters. The number of benzene rings is 1. The highest BCUT2D eigenvalue weighted by molar-refractivity contribution is 6.14. The first kappa shape index (κ1) is 12.8. The fourth-order valence-electron chi connectivity index (χ4n) is 2.04. The number of ether oxygens (including phenoxy) is 1. The average molecular weight is 256 g/mol. The molecule has 19 heavy (non-hydrogen) atoms. The number of nitriles is 1. The van der Waals surface area contributed by atoms with Crippen LogP contribution < -0.4 is 0 Å². The van der Waals surface area contributed by atoms with Crippen LogP contribution in [0.1, 0.15) is 22.8 Å². The van der Waals surface area contributed by atoms with E-state index in [9.17, 15) is 9.59 Å². The summed E-state index contributed by atoms with van der Waals surface area (Å²) in [4.78, 5) is 25.1. The zero-order valence-electron chi connectivity index (χ0n) is 10.6. The SMILES string of the molecule is CCOC(=O)/C(C#N)=C1/c2ccccc2C(=O)N1C. The summed E-state index contributed by atoms with van der Waals surface area (Å²) < 4.78 is 4.85. The quantitative estimate of drug-likeness (QED) is 0.457. The molecule has 1 aromatic rings. The van der Waals surface area contributed by atoms with Gasteiger partial charge in [0, 0.05) is 18.2 Å². The van der Waals surface area contributed by atoms with Gasteiger partial charge in [-0.05, 0) is 13.0 Å². The Kier molecular flexibility index (Phi) is 3.34. The van der Waals surface area contributed by atoms with E-state index in [1.54, 1.807) is 31.2 Å². The second-order valence-electron chi connectivity index (χ2n) is 3.97. The van der Waals surface area contributed by atoms with Crippen molar-refractivity contribution in [2.24, 2.45) is 0 Å². The Morgan fingerprint density at radius 3 is 2.58 bits per heavy atom. The number of amides is 1. The van der Waals surface area contributed by atoms with Gasteiger partial charge in [-0.15, -0.1) is 0 Å². The highest BCUT2D eigenvalue weighted by Crippen LogP contribution is 2.33. The van der Waals surface area contributed by atoms with E-state index in [4.69, 9.17) is 10.00 Å². The zero-order valence-corrected chi connectivity index (χ0v) is 10.6. The Bertz CT molecular complexity index is 626. The van der Waals surface area contributed by atoms with Crippen molar-refractivity contribution in [3.8, 4) is 6.07 Å². The van der Waals surface area contributed by atoms with E-state index in [1.165, 1.54) is 11.9 Å². The Balaban J connectivity index is 2.64. The van der Waals surface area contributed by atoms with Gasteiger partial charge in [-0.1, -0.05) is 18.2 Å². The van der Waals surface area contributed by atoms with Crippen LogP contribution in [0, 0.1) is 11.3 Å². The standard InChI is InChI=1S/C14H12N2O3/c1-3-19-14(18)11(8-15)12-9-6-4-5-7-10(9)13(17)16(12)2/h4-7H,3H2,1-2H3/b12-11-. The lowest BCUT2D eigenvalue weighted by atomic mass is 10.1. The summed E-state index contributed by atoms with van der Waals surface area (Å²) in [5.41, 5.74) is 1.22. The maximum absolute atomic E-state index is 12.0. The smallest absolute Gasteiger partial charge is 0.351 e. The van der Waals surface area contributed by atoms with Crippen molar-refractivity contribution in [2.45, 2.75) is 6.92 Å². The van der Waals surface area contributed by atoms with Gasteiger partial charge in [0.1, 0.15) is 6.07 Å². The highest BCUT2D eigenvalue weighted by Gasteiger charge is 2.33. The van der Waals surface area contributed by atoms with Gasteiger partial charge in [0.05, 0.1) is 12.3 Å². The molecule has 0 bridgehead atoms. The van der Waals surface area contributed by atoms with Crippen LogP contribution >= 0.6 is 0 Å². The molecule has 0 aromatic heterocycles. The van der Waals surface area contributed by atoms with Crippen molar-refractivity contribution in [3.05, 3.63) is 41.0 Å². The van der Waals surface area contributed by atoms with Crippen LogP contribution in [-0.4, -0.2) is 30.4 Å². The van der Waals surface area contributed by atoms with E-state index in [0.29, 0.717) is 16.8 Å². The minimum absolute atomic E-state index is 0.150. The van der Waals surface area contributed by atoms with Gasteiger partial charge >= 0.3 is 5.97 Å². The predicted octanol–water partition coefficient (Wildman–Crippen LogP) is 1.57. The molecule has 1 amide bonds. The summed E-state index contributed by atoms with van der Waals surface area (Å²) in [6.07, 6.45) is 0. The molecule has 1 aliphatic rings. The third kappa shape index (κ3) is 1.97. The molecule has 0 radical (unpaired) electrons. The lowest BCUT2D eigenvalue weighted by Crippen LogP contribution is -2.20. The van der Waals surface area contributed by atoms with Crippen molar-refractivity contribution in [1.29, 1.82) is 5.26 Å². The normalized spacial score (nSPS) is 15.8. The molecule has 96 valence electrons. The average Bonchev–Trinajstić information content (AvgIpc) is 2.66. The molecule has 0 aliphatic carbocycles. The Morgan fingerprint density at radius 2 is 2.00 bits per heavy atom. The van der Waals surface area contributed by atoms with E-state index in [-0.39, 0.29) is 18.1 Å². The first-order chi connectivity index (χ1) is 9.11. The number of carbonyl (C=O) groups excluding carboxylic acids is 2. The summed E-state index contributed by atoms with van der Waals surface area (Å²) >= 11 is 0. The molecule has 0 fully saturated rings. The maximum Gasteiger partial charge on any atom is 0.351 e. The van der Waals surface area contributed by atoms with Crippen LogP contribution in [0.15, 0.2) is 29.8 Å². The van der Waals surface area contributed by atoms with Gasteiger partial charge in [0.25, 0.3) is 5.91 Å². The first-order valence-electron chi connectivity index (χ1n) is 5.80. The predicted molar refractivity (Wildman–Crippen MR) is 67.7 cm³/mol. The molecule has 0 saturated carbocycles. The molecular formula is C14H12N2O3. The lowest BCUT2D eigenvalue weighted by molar-refractivity contribution is -0.137. The van der Waals surface area contributed by atoms with Crippen LogP contribution in [0.4, 0.5) is 0 Å². The summed E-state index contributed by atoms with van der Waals surface area (Å²) in [5, 5.41) is 9.17. The Morgan fingerprint density at radius 1 is 1.37 bits per heavy atom. The molecule has 1 aliphatic heterocycles. The van der Waals surface area contributed by atoms with Crippen molar-refractivity contribution in [1.82, 2.24) is 4.90 Å². The highest BCUT2D eigenvalue weighted by atomic mass is 16.5. The Hall–Kier alpha value is -2.61. The van der Waals surface area contributed by atoms with E-state index < -0.39 is 5.97 Å². The minimum atomic E-state index is -0.712. The molecule has 2 rings (SSSR count). The topological polar surface area (TPSA) is 70.4 Å². The molecule has 1 aromatic carbocycles. The molecule has 0 N–H and O–H groups in total. The maximum atomic E-state index is 12.0. The molecule has 5 heteroatoms. The van der Waals surface area contributed by atoms with Gasteiger partial charge in [-0.2, -0.15) is 5.26 Å². The van der Waals surface area contributed by atoms with Crippen molar-refractivity contribution < 1.29 is 14.3 Å². The van der Waals surface area contributed by atoms with Crippen LogP contribution in [0.5, 0.6) is 0 Å². The number of esters is 1. The second kappa shape index (κ2) is 4.94. The molecule has 1 heterocycles. The van der Waals surface area contributed by atoms with E-state index >= 15 is 0 Å². The van der Waals surface area contributed by atoms with E-state index in [0.717, 1.165) is 0 Å². The summed E-state index contributed by atoms with van der Waals surface area (Å²) in [5.74, 6) is -0.945. The molecule has 0 saturated heterocycles.